The molecule has 2 aromatic rings. The third kappa shape index (κ3) is 2.57. The number of hydrogen-bond acceptors (Lipinski definition) is 4. The lowest BCUT2D eigenvalue weighted by atomic mass is 9.97. The van der Waals surface area contributed by atoms with Crippen molar-refractivity contribution in [1.82, 2.24) is 9.78 Å². The van der Waals surface area contributed by atoms with E-state index in [9.17, 15) is 14.9 Å². The predicted octanol–water partition coefficient (Wildman–Crippen LogP) is 2.46. The molecule has 0 bridgehead atoms. The molecule has 0 saturated heterocycles. The number of amides is 1. The first kappa shape index (κ1) is 14.2. The Bertz CT molecular complexity index is 734. The van der Waals surface area contributed by atoms with Gasteiger partial charge in [0, 0.05) is 30.3 Å². The highest BCUT2D eigenvalue weighted by molar-refractivity contribution is 6.04. The second-order valence-electron chi connectivity index (χ2n) is 5.36. The van der Waals surface area contributed by atoms with Gasteiger partial charge >= 0.3 is 0 Å². The van der Waals surface area contributed by atoms with Gasteiger partial charge in [-0.1, -0.05) is 0 Å². The zero-order valence-electron chi connectivity index (χ0n) is 12.2. The van der Waals surface area contributed by atoms with Gasteiger partial charge in [-0.25, -0.2) is 0 Å². The zero-order chi connectivity index (χ0) is 15.7. The quantitative estimate of drug-likeness (QED) is 0.696. The van der Waals surface area contributed by atoms with Gasteiger partial charge in [0.25, 0.3) is 11.6 Å². The SMILES string of the molecule is Cn1nc2c(c1NC(=O)c1ccc([N+](=O)[O-])cc1)CCCC2. The van der Waals surface area contributed by atoms with Crippen molar-refractivity contribution < 1.29 is 9.72 Å². The molecule has 0 saturated carbocycles. The number of aromatic nitrogens is 2. The van der Waals surface area contributed by atoms with Crippen LogP contribution in [-0.2, 0) is 19.9 Å². The van der Waals surface area contributed by atoms with E-state index in [0.717, 1.165) is 42.8 Å². The van der Waals surface area contributed by atoms with Crippen LogP contribution >= 0.6 is 0 Å². The number of anilines is 1. The molecule has 1 aliphatic rings. The Labute approximate surface area is 127 Å². The standard InChI is InChI=1S/C15H16N4O3/c1-18-14(12-4-2-3-5-13(12)17-18)16-15(20)10-6-8-11(9-7-10)19(21)22/h6-9H,2-5H2,1H3,(H,16,20). The molecule has 0 aliphatic heterocycles. The summed E-state index contributed by atoms with van der Waals surface area (Å²) in [4.78, 5) is 22.5. The van der Waals surface area contributed by atoms with Crippen molar-refractivity contribution >= 4 is 17.4 Å². The summed E-state index contributed by atoms with van der Waals surface area (Å²) in [6, 6.07) is 5.56. The van der Waals surface area contributed by atoms with Crippen molar-refractivity contribution in [2.24, 2.45) is 7.05 Å². The first-order valence-corrected chi connectivity index (χ1v) is 7.17. The van der Waals surface area contributed by atoms with E-state index >= 15 is 0 Å². The predicted molar refractivity (Wildman–Crippen MR) is 80.9 cm³/mol. The third-order valence-electron chi connectivity index (χ3n) is 3.89. The van der Waals surface area contributed by atoms with E-state index in [4.69, 9.17) is 0 Å². The van der Waals surface area contributed by atoms with E-state index in [1.54, 1.807) is 4.68 Å². The average molecular weight is 300 g/mol. The van der Waals surface area contributed by atoms with Crippen LogP contribution in [0.15, 0.2) is 24.3 Å². The largest absolute Gasteiger partial charge is 0.307 e. The lowest BCUT2D eigenvalue weighted by molar-refractivity contribution is -0.384. The fourth-order valence-corrected chi connectivity index (χ4v) is 2.75. The number of nitrogens with zero attached hydrogens (tertiary/aromatic N) is 3. The van der Waals surface area contributed by atoms with Gasteiger partial charge in [-0.15, -0.1) is 0 Å². The van der Waals surface area contributed by atoms with Crippen LogP contribution in [-0.4, -0.2) is 20.6 Å². The summed E-state index contributed by atoms with van der Waals surface area (Å²) in [6.07, 6.45) is 4.08. The van der Waals surface area contributed by atoms with Crippen molar-refractivity contribution in [3.63, 3.8) is 0 Å². The molecule has 7 heteroatoms. The first-order valence-electron chi connectivity index (χ1n) is 7.17. The van der Waals surface area contributed by atoms with Crippen molar-refractivity contribution in [1.29, 1.82) is 0 Å². The van der Waals surface area contributed by atoms with Crippen LogP contribution in [0.3, 0.4) is 0 Å². The average Bonchev–Trinajstić information content (AvgIpc) is 2.83. The van der Waals surface area contributed by atoms with Crippen molar-refractivity contribution in [2.75, 3.05) is 5.32 Å². The normalized spacial score (nSPS) is 13.5. The molecular formula is C15H16N4O3. The number of benzene rings is 1. The molecule has 0 unspecified atom stereocenters. The minimum atomic E-state index is -0.487. The van der Waals surface area contributed by atoms with Gasteiger partial charge in [-0.05, 0) is 37.8 Å². The number of rotatable bonds is 3. The molecule has 1 aromatic carbocycles. The van der Waals surface area contributed by atoms with Crippen LogP contribution < -0.4 is 5.32 Å². The Morgan fingerprint density at radius 3 is 2.64 bits per heavy atom. The zero-order valence-corrected chi connectivity index (χ0v) is 12.2. The summed E-state index contributed by atoms with van der Waals surface area (Å²) in [6.45, 7) is 0. The van der Waals surface area contributed by atoms with E-state index in [2.05, 4.69) is 10.4 Å². The number of hydrogen-bond donors (Lipinski definition) is 1. The van der Waals surface area contributed by atoms with Gasteiger partial charge in [0.15, 0.2) is 0 Å². The maximum Gasteiger partial charge on any atom is 0.269 e. The van der Waals surface area contributed by atoms with Gasteiger partial charge in [-0.3, -0.25) is 19.6 Å². The topological polar surface area (TPSA) is 90.1 Å². The van der Waals surface area contributed by atoms with Crippen LogP contribution in [0.5, 0.6) is 0 Å². The highest BCUT2D eigenvalue weighted by Crippen LogP contribution is 2.27. The van der Waals surface area contributed by atoms with Gasteiger partial charge in [0.05, 0.1) is 10.6 Å². The molecule has 1 N–H and O–H groups in total. The Kier molecular flexibility index (Phi) is 3.62. The van der Waals surface area contributed by atoms with Gasteiger partial charge in [0.1, 0.15) is 5.82 Å². The first-order chi connectivity index (χ1) is 10.6. The lowest BCUT2D eigenvalue weighted by Crippen LogP contribution is -2.16. The Morgan fingerprint density at radius 1 is 1.27 bits per heavy atom. The molecule has 1 aliphatic carbocycles. The number of nitro benzene ring substituents is 1. The van der Waals surface area contributed by atoms with Crippen LogP contribution in [0.2, 0.25) is 0 Å². The molecule has 7 nitrogen and oxygen atoms in total. The van der Waals surface area contributed by atoms with Gasteiger partial charge < -0.3 is 5.32 Å². The molecule has 0 fully saturated rings. The summed E-state index contributed by atoms with van der Waals surface area (Å²) in [7, 11) is 1.81. The van der Waals surface area contributed by atoms with Gasteiger partial charge in [0.2, 0.25) is 0 Å². The van der Waals surface area contributed by atoms with E-state index in [0.29, 0.717) is 5.56 Å². The van der Waals surface area contributed by atoms with E-state index in [1.165, 1.54) is 24.3 Å². The monoisotopic (exact) mass is 300 g/mol. The van der Waals surface area contributed by atoms with Gasteiger partial charge in [-0.2, -0.15) is 5.10 Å². The molecule has 114 valence electrons. The van der Waals surface area contributed by atoms with E-state index in [1.807, 2.05) is 7.05 Å². The second kappa shape index (κ2) is 5.59. The van der Waals surface area contributed by atoms with E-state index < -0.39 is 4.92 Å². The number of aryl methyl sites for hydroxylation is 2. The third-order valence-corrected chi connectivity index (χ3v) is 3.89. The Balaban J connectivity index is 1.82. The maximum absolute atomic E-state index is 12.3. The number of nitrogens with one attached hydrogen (secondary N) is 1. The molecule has 22 heavy (non-hydrogen) atoms. The number of fused-ring (bicyclic) bond motifs is 1. The molecule has 0 spiro atoms. The molecule has 1 heterocycles. The second-order valence-corrected chi connectivity index (χ2v) is 5.36. The minimum absolute atomic E-state index is 0.0329. The molecule has 1 amide bonds. The number of nitro groups is 1. The Morgan fingerprint density at radius 2 is 1.95 bits per heavy atom. The van der Waals surface area contributed by atoms with E-state index in [-0.39, 0.29) is 11.6 Å². The van der Waals surface area contributed by atoms with Crippen molar-refractivity contribution in [3.05, 3.63) is 51.2 Å². The fraction of sp³-hybridized carbons (Fsp3) is 0.333. The number of carbonyl (C=O) groups excluding carboxylic acids is 1. The molecule has 3 rings (SSSR count). The van der Waals surface area contributed by atoms with Crippen LogP contribution in [0.4, 0.5) is 11.5 Å². The van der Waals surface area contributed by atoms with Crippen molar-refractivity contribution in [3.8, 4) is 0 Å². The van der Waals surface area contributed by atoms with Crippen LogP contribution in [0.25, 0.3) is 0 Å². The molecule has 0 atom stereocenters. The molecular weight excluding hydrogens is 284 g/mol. The molecule has 0 radical (unpaired) electrons. The summed E-state index contributed by atoms with van der Waals surface area (Å²) in [5, 5.41) is 18.0. The Hall–Kier alpha value is -2.70. The lowest BCUT2D eigenvalue weighted by Gasteiger charge is -2.12. The number of carbonyl (C=O) groups is 1. The minimum Gasteiger partial charge on any atom is -0.307 e. The van der Waals surface area contributed by atoms with Crippen molar-refractivity contribution in [2.45, 2.75) is 25.7 Å². The maximum atomic E-state index is 12.3. The summed E-state index contributed by atoms with van der Waals surface area (Å²) in [5.74, 6) is 0.435. The van der Waals surface area contributed by atoms with Crippen LogP contribution in [0.1, 0.15) is 34.5 Å². The highest BCUT2D eigenvalue weighted by atomic mass is 16.6. The summed E-state index contributed by atoms with van der Waals surface area (Å²) in [5.41, 5.74) is 2.50. The van der Waals surface area contributed by atoms with Crippen LogP contribution in [0, 0.1) is 10.1 Å². The molecule has 1 aromatic heterocycles. The fourth-order valence-electron chi connectivity index (χ4n) is 2.75. The summed E-state index contributed by atoms with van der Waals surface area (Å²) < 4.78 is 1.69. The summed E-state index contributed by atoms with van der Waals surface area (Å²) >= 11 is 0. The highest BCUT2D eigenvalue weighted by Gasteiger charge is 2.21. The smallest absolute Gasteiger partial charge is 0.269 e. The number of non-ortho nitro benzene ring substituents is 1.